The summed E-state index contributed by atoms with van der Waals surface area (Å²) in [4.78, 5) is 11.4. The second-order valence-corrected chi connectivity index (χ2v) is 9.24. The third kappa shape index (κ3) is 3.87. The standard InChI is InChI=1S/C21H14FN3O3S2/c1-23-13-28-19-5-3-2-4-16(19)21-15-7-6-14(10-17(15)18(22)11-25-21)30(26,27)12-20-24-8-9-29-20/h2-11H,12-13H2. The molecule has 0 spiro atoms. The second kappa shape index (κ2) is 8.18. The predicted octanol–water partition coefficient (Wildman–Crippen LogP) is 4.73. The van der Waals surface area contributed by atoms with Crippen molar-refractivity contribution in [1.82, 2.24) is 9.97 Å². The van der Waals surface area contributed by atoms with Crippen LogP contribution in [0.25, 0.3) is 26.9 Å². The van der Waals surface area contributed by atoms with Crippen molar-refractivity contribution in [2.45, 2.75) is 10.6 Å². The number of ether oxygens (including phenoxy) is 1. The molecule has 0 saturated carbocycles. The highest BCUT2D eigenvalue weighted by Crippen LogP contribution is 2.35. The Morgan fingerprint density at radius 3 is 2.73 bits per heavy atom. The van der Waals surface area contributed by atoms with Gasteiger partial charge in [0, 0.05) is 27.9 Å². The molecular formula is C21H14FN3O3S2. The molecule has 0 saturated heterocycles. The summed E-state index contributed by atoms with van der Waals surface area (Å²) in [5, 5.41) is 2.76. The van der Waals surface area contributed by atoms with Gasteiger partial charge in [-0.3, -0.25) is 9.83 Å². The van der Waals surface area contributed by atoms with Crippen LogP contribution in [0.4, 0.5) is 4.39 Å². The molecule has 4 rings (SSSR count). The molecule has 2 aromatic heterocycles. The topological polar surface area (TPSA) is 73.5 Å². The molecule has 0 fully saturated rings. The van der Waals surface area contributed by atoms with Crippen LogP contribution in [-0.2, 0) is 15.6 Å². The van der Waals surface area contributed by atoms with Gasteiger partial charge < -0.3 is 4.74 Å². The van der Waals surface area contributed by atoms with E-state index in [0.29, 0.717) is 27.4 Å². The fourth-order valence-corrected chi connectivity index (χ4v) is 5.33. The number of halogens is 1. The Morgan fingerprint density at radius 1 is 1.13 bits per heavy atom. The van der Waals surface area contributed by atoms with Gasteiger partial charge in [0.1, 0.15) is 22.3 Å². The molecule has 0 aliphatic carbocycles. The SMILES string of the molecule is [C-]#[N+]COc1ccccc1-c1ncc(F)c2cc(S(=O)(=O)Cc3nccs3)ccc12. The van der Waals surface area contributed by atoms with Gasteiger partial charge in [-0.1, -0.05) is 18.2 Å². The number of fused-ring (bicyclic) bond motifs is 1. The van der Waals surface area contributed by atoms with E-state index in [0.717, 1.165) is 6.20 Å². The van der Waals surface area contributed by atoms with E-state index in [9.17, 15) is 12.8 Å². The van der Waals surface area contributed by atoms with Crippen molar-refractivity contribution in [2.75, 3.05) is 6.73 Å². The van der Waals surface area contributed by atoms with E-state index in [4.69, 9.17) is 11.3 Å². The van der Waals surface area contributed by atoms with Crippen LogP contribution < -0.4 is 4.74 Å². The Bertz CT molecular complexity index is 1360. The maximum Gasteiger partial charge on any atom is 0.357 e. The summed E-state index contributed by atoms with van der Waals surface area (Å²) >= 11 is 1.25. The number of hydrogen-bond donors (Lipinski definition) is 0. The Hall–Kier alpha value is -3.35. The van der Waals surface area contributed by atoms with Gasteiger partial charge in [0.25, 0.3) is 0 Å². The first-order chi connectivity index (χ1) is 14.5. The van der Waals surface area contributed by atoms with Gasteiger partial charge in [0.15, 0.2) is 9.84 Å². The third-order valence-corrected chi connectivity index (χ3v) is 6.98. The molecule has 4 aromatic rings. The van der Waals surface area contributed by atoms with Crippen molar-refractivity contribution in [2.24, 2.45) is 0 Å². The maximum atomic E-state index is 14.6. The number of sulfone groups is 1. The zero-order valence-corrected chi connectivity index (χ0v) is 17.1. The average molecular weight is 439 g/mol. The minimum absolute atomic E-state index is 0.0128. The highest BCUT2D eigenvalue weighted by Gasteiger charge is 2.20. The van der Waals surface area contributed by atoms with Gasteiger partial charge in [-0.15, -0.1) is 11.3 Å². The molecule has 30 heavy (non-hydrogen) atoms. The van der Waals surface area contributed by atoms with Crippen LogP contribution >= 0.6 is 11.3 Å². The minimum atomic E-state index is -3.69. The van der Waals surface area contributed by atoms with Crippen LogP contribution in [0.15, 0.2) is 65.1 Å². The monoisotopic (exact) mass is 439 g/mol. The van der Waals surface area contributed by atoms with Gasteiger partial charge >= 0.3 is 6.73 Å². The molecule has 0 atom stereocenters. The van der Waals surface area contributed by atoms with Crippen LogP contribution in [0.3, 0.4) is 0 Å². The van der Waals surface area contributed by atoms with Gasteiger partial charge in [-0.2, -0.15) is 0 Å². The third-order valence-electron chi connectivity index (χ3n) is 4.39. The lowest BCUT2D eigenvalue weighted by molar-refractivity contribution is 0.362. The number of para-hydroxylation sites is 1. The summed E-state index contributed by atoms with van der Waals surface area (Å²) in [6.07, 6.45) is 2.60. The molecular weight excluding hydrogens is 425 g/mol. The lowest BCUT2D eigenvalue weighted by atomic mass is 10.0. The molecule has 0 aliphatic rings. The van der Waals surface area contributed by atoms with Crippen molar-refractivity contribution in [3.05, 3.63) is 82.5 Å². The Kier molecular flexibility index (Phi) is 5.44. The molecule has 0 radical (unpaired) electrons. The fourth-order valence-electron chi connectivity index (χ4n) is 3.06. The maximum absolute atomic E-state index is 14.6. The summed E-state index contributed by atoms with van der Waals surface area (Å²) in [6.45, 7) is 6.76. The summed E-state index contributed by atoms with van der Waals surface area (Å²) in [6, 6.07) is 11.3. The zero-order chi connectivity index (χ0) is 21.1. The number of aromatic nitrogens is 2. The van der Waals surface area contributed by atoms with E-state index in [1.165, 1.54) is 23.5 Å². The van der Waals surface area contributed by atoms with E-state index in [1.807, 2.05) is 0 Å². The molecule has 0 bridgehead atoms. The summed E-state index contributed by atoms with van der Waals surface area (Å²) in [5.74, 6) is -0.433. The Labute approximate surface area is 176 Å². The lowest BCUT2D eigenvalue weighted by Crippen LogP contribution is -2.05. The fraction of sp³-hybridized carbons (Fsp3) is 0.0952. The smallest absolute Gasteiger partial charge is 0.357 e. The van der Waals surface area contributed by atoms with E-state index in [-0.39, 0.29) is 22.8 Å². The number of thiazole rings is 1. The van der Waals surface area contributed by atoms with Gasteiger partial charge in [-0.25, -0.2) is 24.4 Å². The second-order valence-electron chi connectivity index (χ2n) is 6.27. The number of hydrogen-bond acceptors (Lipinski definition) is 6. The van der Waals surface area contributed by atoms with Crippen LogP contribution in [0, 0.1) is 12.4 Å². The lowest BCUT2D eigenvalue weighted by Gasteiger charge is -2.12. The minimum Gasteiger partial charge on any atom is -0.425 e. The normalized spacial score (nSPS) is 11.3. The molecule has 2 heterocycles. The highest BCUT2D eigenvalue weighted by molar-refractivity contribution is 7.90. The largest absolute Gasteiger partial charge is 0.425 e. The molecule has 150 valence electrons. The van der Waals surface area contributed by atoms with Gasteiger partial charge in [0.2, 0.25) is 0 Å². The average Bonchev–Trinajstić information content (AvgIpc) is 3.25. The summed E-state index contributed by atoms with van der Waals surface area (Å²) in [5.41, 5.74) is 1.03. The highest BCUT2D eigenvalue weighted by atomic mass is 32.2. The van der Waals surface area contributed by atoms with Crippen LogP contribution in [0.1, 0.15) is 5.01 Å². The van der Waals surface area contributed by atoms with Crippen molar-refractivity contribution < 1.29 is 17.5 Å². The van der Waals surface area contributed by atoms with E-state index < -0.39 is 15.7 Å². The molecule has 9 heteroatoms. The van der Waals surface area contributed by atoms with Crippen molar-refractivity contribution in [3.63, 3.8) is 0 Å². The first-order valence-electron chi connectivity index (χ1n) is 8.74. The summed E-state index contributed by atoms with van der Waals surface area (Å²) in [7, 11) is -3.69. The first kappa shape index (κ1) is 19.9. The van der Waals surface area contributed by atoms with E-state index >= 15 is 0 Å². The predicted molar refractivity (Wildman–Crippen MR) is 112 cm³/mol. The molecule has 0 amide bonds. The molecule has 0 aliphatic heterocycles. The van der Waals surface area contributed by atoms with Crippen LogP contribution in [0.5, 0.6) is 5.75 Å². The molecule has 0 N–H and O–H groups in total. The molecule has 0 unspecified atom stereocenters. The Morgan fingerprint density at radius 2 is 1.97 bits per heavy atom. The van der Waals surface area contributed by atoms with E-state index in [1.54, 1.807) is 41.9 Å². The zero-order valence-electron chi connectivity index (χ0n) is 15.4. The van der Waals surface area contributed by atoms with Crippen molar-refractivity contribution in [3.8, 4) is 17.0 Å². The Balaban J connectivity index is 1.83. The van der Waals surface area contributed by atoms with Gasteiger partial charge in [-0.05, 0) is 24.3 Å². The number of nitrogens with zero attached hydrogens (tertiary/aromatic N) is 3. The van der Waals surface area contributed by atoms with Crippen LogP contribution in [0.2, 0.25) is 0 Å². The first-order valence-corrected chi connectivity index (χ1v) is 11.3. The quantitative estimate of drug-likeness (QED) is 0.406. The van der Waals surface area contributed by atoms with Crippen molar-refractivity contribution in [1.29, 1.82) is 0 Å². The summed E-state index contributed by atoms with van der Waals surface area (Å²) < 4.78 is 45.6. The molecule has 2 aromatic carbocycles. The number of pyridine rings is 1. The van der Waals surface area contributed by atoms with E-state index in [2.05, 4.69) is 14.8 Å². The number of benzene rings is 2. The van der Waals surface area contributed by atoms with Crippen LogP contribution in [-0.4, -0.2) is 25.1 Å². The number of rotatable bonds is 6. The van der Waals surface area contributed by atoms with Gasteiger partial charge in [0.05, 0.1) is 16.8 Å². The molecule has 6 nitrogen and oxygen atoms in total. The van der Waals surface area contributed by atoms with Crippen molar-refractivity contribution >= 4 is 31.9 Å².